The third kappa shape index (κ3) is 4.92. The van der Waals surface area contributed by atoms with Crippen LogP contribution in [0.3, 0.4) is 0 Å². The summed E-state index contributed by atoms with van der Waals surface area (Å²) in [4.78, 5) is 11.8. The Morgan fingerprint density at radius 1 is 1.20 bits per heavy atom. The van der Waals surface area contributed by atoms with Gasteiger partial charge in [-0.1, -0.05) is 30.3 Å². The van der Waals surface area contributed by atoms with Crippen molar-refractivity contribution in [3.05, 3.63) is 60.1 Å². The van der Waals surface area contributed by atoms with Gasteiger partial charge in [0, 0.05) is 12.5 Å². The fourth-order valence-corrected chi connectivity index (χ4v) is 2.26. The molecule has 1 aromatic heterocycles. The maximum atomic E-state index is 11.8. The number of benzene rings is 1. The molecule has 1 unspecified atom stereocenters. The van der Waals surface area contributed by atoms with Crippen molar-refractivity contribution in [2.24, 2.45) is 0 Å². The molecular formula is C17H21NO2. The zero-order valence-corrected chi connectivity index (χ0v) is 11.8. The van der Waals surface area contributed by atoms with Crippen molar-refractivity contribution in [2.75, 3.05) is 0 Å². The van der Waals surface area contributed by atoms with Crippen LogP contribution in [0.2, 0.25) is 0 Å². The monoisotopic (exact) mass is 271 g/mol. The summed E-state index contributed by atoms with van der Waals surface area (Å²) in [6, 6.07) is 12.3. The second-order valence-electron chi connectivity index (χ2n) is 5.14. The highest BCUT2D eigenvalue weighted by Crippen LogP contribution is 2.06. The maximum Gasteiger partial charge on any atom is 0.220 e. The molecule has 1 N–H and O–H groups in total. The average Bonchev–Trinajstić information content (AvgIpc) is 2.92. The number of nitrogens with one attached hydrogen (secondary N) is 1. The van der Waals surface area contributed by atoms with Crippen LogP contribution in [0, 0.1) is 0 Å². The van der Waals surface area contributed by atoms with Gasteiger partial charge in [-0.25, -0.2) is 0 Å². The Hall–Kier alpha value is -2.03. The van der Waals surface area contributed by atoms with Gasteiger partial charge in [0.1, 0.15) is 0 Å². The standard InChI is InChI=1S/C17H21NO2/c1-14(12-16-10-11-20-13-16)18-17(19)9-5-8-15-6-3-2-4-7-15/h2-4,6-7,10-11,13-14H,5,8-9,12H2,1H3,(H,18,19). The third-order valence-electron chi connectivity index (χ3n) is 3.24. The van der Waals surface area contributed by atoms with E-state index in [9.17, 15) is 4.79 Å². The van der Waals surface area contributed by atoms with Gasteiger partial charge < -0.3 is 9.73 Å². The summed E-state index contributed by atoms with van der Waals surface area (Å²) in [6.07, 6.45) is 6.59. The fourth-order valence-electron chi connectivity index (χ4n) is 2.26. The van der Waals surface area contributed by atoms with Gasteiger partial charge in [-0.3, -0.25) is 4.79 Å². The summed E-state index contributed by atoms with van der Waals surface area (Å²) < 4.78 is 5.02. The second kappa shape index (κ2) is 7.53. The molecule has 0 aliphatic carbocycles. The quantitative estimate of drug-likeness (QED) is 0.839. The van der Waals surface area contributed by atoms with Crippen LogP contribution in [0.25, 0.3) is 0 Å². The van der Waals surface area contributed by atoms with E-state index in [0.717, 1.165) is 24.8 Å². The summed E-state index contributed by atoms with van der Waals surface area (Å²) in [5.74, 6) is 0.122. The normalized spacial score (nSPS) is 12.1. The Kier molecular flexibility index (Phi) is 5.42. The zero-order valence-electron chi connectivity index (χ0n) is 11.8. The first-order chi connectivity index (χ1) is 9.74. The third-order valence-corrected chi connectivity index (χ3v) is 3.24. The van der Waals surface area contributed by atoms with Gasteiger partial charge in [0.05, 0.1) is 12.5 Å². The van der Waals surface area contributed by atoms with Gasteiger partial charge in [0.25, 0.3) is 0 Å². The van der Waals surface area contributed by atoms with Crippen LogP contribution in [0.5, 0.6) is 0 Å². The highest BCUT2D eigenvalue weighted by Gasteiger charge is 2.08. The molecule has 0 fully saturated rings. The summed E-state index contributed by atoms with van der Waals surface area (Å²) in [6.45, 7) is 2.02. The Balaban J connectivity index is 1.65. The van der Waals surface area contributed by atoms with Crippen molar-refractivity contribution >= 4 is 5.91 Å². The number of furan rings is 1. The lowest BCUT2D eigenvalue weighted by atomic mass is 10.1. The van der Waals surface area contributed by atoms with E-state index >= 15 is 0 Å². The summed E-state index contributed by atoms with van der Waals surface area (Å²) >= 11 is 0. The molecule has 0 bridgehead atoms. The average molecular weight is 271 g/mol. The molecule has 1 atom stereocenters. The number of carbonyl (C=O) groups excluding carboxylic acids is 1. The first-order valence-electron chi connectivity index (χ1n) is 7.08. The molecule has 0 aliphatic rings. The molecule has 2 rings (SSSR count). The van der Waals surface area contributed by atoms with Gasteiger partial charge in [-0.15, -0.1) is 0 Å². The molecule has 0 radical (unpaired) electrons. The predicted octanol–water partition coefficient (Wildman–Crippen LogP) is 3.35. The Labute approximate surface area is 120 Å². The van der Waals surface area contributed by atoms with Gasteiger partial charge in [0.15, 0.2) is 0 Å². The van der Waals surface area contributed by atoms with Crippen molar-refractivity contribution in [3.63, 3.8) is 0 Å². The molecule has 2 aromatic rings. The summed E-state index contributed by atoms with van der Waals surface area (Å²) in [5, 5.41) is 3.02. The molecule has 3 heteroatoms. The topological polar surface area (TPSA) is 42.2 Å². The molecule has 1 heterocycles. The van der Waals surface area contributed by atoms with Crippen molar-refractivity contribution < 1.29 is 9.21 Å². The fraction of sp³-hybridized carbons (Fsp3) is 0.353. The Morgan fingerprint density at radius 2 is 2.00 bits per heavy atom. The van der Waals surface area contributed by atoms with Crippen LogP contribution in [-0.2, 0) is 17.6 Å². The van der Waals surface area contributed by atoms with Crippen LogP contribution in [-0.4, -0.2) is 11.9 Å². The smallest absolute Gasteiger partial charge is 0.220 e. The zero-order chi connectivity index (χ0) is 14.2. The molecule has 0 saturated carbocycles. The first-order valence-corrected chi connectivity index (χ1v) is 7.08. The minimum atomic E-state index is 0.122. The molecule has 106 valence electrons. The van der Waals surface area contributed by atoms with E-state index in [1.165, 1.54) is 5.56 Å². The van der Waals surface area contributed by atoms with Crippen LogP contribution >= 0.6 is 0 Å². The lowest BCUT2D eigenvalue weighted by Gasteiger charge is -2.12. The van der Waals surface area contributed by atoms with Gasteiger partial charge in [-0.2, -0.15) is 0 Å². The highest BCUT2D eigenvalue weighted by molar-refractivity contribution is 5.76. The molecule has 0 saturated heterocycles. The number of amides is 1. The van der Waals surface area contributed by atoms with E-state index in [1.54, 1.807) is 12.5 Å². The van der Waals surface area contributed by atoms with E-state index in [4.69, 9.17) is 4.42 Å². The molecule has 3 nitrogen and oxygen atoms in total. The van der Waals surface area contributed by atoms with Crippen LogP contribution < -0.4 is 5.32 Å². The van der Waals surface area contributed by atoms with Crippen LogP contribution in [0.4, 0.5) is 0 Å². The largest absolute Gasteiger partial charge is 0.472 e. The number of aryl methyl sites for hydroxylation is 1. The second-order valence-corrected chi connectivity index (χ2v) is 5.14. The predicted molar refractivity (Wildman–Crippen MR) is 79.4 cm³/mol. The summed E-state index contributed by atoms with van der Waals surface area (Å²) in [7, 11) is 0. The van der Waals surface area contributed by atoms with E-state index < -0.39 is 0 Å². The molecule has 20 heavy (non-hydrogen) atoms. The van der Waals surface area contributed by atoms with Crippen LogP contribution in [0.15, 0.2) is 53.3 Å². The molecule has 1 amide bonds. The lowest BCUT2D eigenvalue weighted by Crippen LogP contribution is -2.33. The van der Waals surface area contributed by atoms with Crippen molar-refractivity contribution in [2.45, 2.75) is 38.6 Å². The van der Waals surface area contributed by atoms with Crippen molar-refractivity contribution in [1.29, 1.82) is 0 Å². The molecule has 0 spiro atoms. The van der Waals surface area contributed by atoms with Gasteiger partial charge >= 0.3 is 0 Å². The lowest BCUT2D eigenvalue weighted by molar-refractivity contribution is -0.121. The number of rotatable bonds is 7. The molecule has 1 aromatic carbocycles. The molecular weight excluding hydrogens is 250 g/mol. The van der Waals surface area contributed by atoms with Gasteiger partial charge in [-0.05, 0) is 43.4 Å². The van der Waals surface area contributed by atoms with Crippen molar-refractivity contribution in [3.8, 4) is 0 Å². The minimum absolute atomic E-state index is 0.122. The van der Waals surface area contributed by atoms with Crippen molar-refractivity contribution in [1.82, 2.24) is 5.32 Å². The van der Waals surface area contributed by atoms with Gasteiger partial charge in [0.2, 0.25) is 5.91 Å². The first kappa shape index (κ1) is 14.4. The van der Waals surface area contributed by atoms with E-state index in [2.05, 4.69) is 17.4 Å². The summed E-state index contributed by atoms with van der Waals surface area (Å²) in [5.41, 5.74) is 2.40. The molecule has 0 aliphatic heterocycles. The number of hydrogen-bond donors (Lipinski definition) is 1. The highest BCUT2D eigenvalue weighted by atomic mass is 16.3. The Morgan fingerprint density at radius 3 is 2.70 bits per heavy atom. The SMILES string of the molecule is CC(Cc1ccoc1)NC(=O)CCCc1ccccc1. The number of hydrogen-bond acceptors (Lipinski definition) is 2. The maximum absolute atomic E-state index is 11.8. The van der Waals surface area contributed by atoms with E-state index in [0.29, 0.717) is 6.42 Å². The number of carbonyl (C=O) groups is 1. The minimum Gasteiger partial charge on any atom is -0.472 e. The van der Waals surface area contributed by atoms with E-state index in [1.807, 2.05) is 31.2 Å². The Bertz CT molecular complexity index is 505. The van der Waals surface area contributed by atoms with Crippen LogP contribution in [0.1, 0.15) is 30.9 Å². The van der Waals surface area contributed by atoms with E-state index in [-0.39, 0.29) is 11.9 Å².